The van der Waals surface area contributed by atoms with Crippen molar-refractivity contribution in [1.82, 2.24) is 5.32 Å². The number of carboxylic acid groups (broad SMARTS) is 2. The number of benzene rings is 1. The van der Waals surface area contributed by atoms with E-state index in [1.807, 2.05) is 18.2 Å². The van der Waals surface area contributed by atoms with Gasteiger partial charge in [-0.05, 0) is 24.5 Å². The number of alkyl halides is 3. The Morgan fingerprint density at radius 2 is 1.71 bits per heavy atom. The van der Waals surface area contributed by atoms with Crippen LogP contribution in [0, 0.1) is 11.3 Å². The summed E-state index contributed by atoms with van der Waals surface area (Å²) >= 11 is 0. The van der Waals surface area contributed by atoms with E-state index < -0.39 is 23.5 Å². The van der Waals surface area contributed by atoms with Crippen molar-refractivity contribution < 1.29 is 37.8 Å². The van der Waals surface area contributed by atoms with Gasteiger partial charge in [0.2, 0.25) is 5.91 Å². The van der Waals surface area contributed by atoms with Crippen LogP contribution in [0.3, 0.4) is 0 Å². The van der Waals surface area contributed by atoms with Crippen molar-refractivity contribution >= 4 is 39.4 Å². The maximum Gasteiger partial charge on any atom is 0.490 e. The number of carboxylic acids is 2. The summed E-state index contributed by atoms with van der Waals surface area (Å²) in [5.41, 5.74) is 0.846. The number of nitriles is 1. The Kier molecular flexibility index (Phi) is 10.7. The SMILES string of the molecule is N#Cc1ccccc1C1(C(=O)NCCSSCCC(=O)O)CCC1.O=C(O)C(F)(F)F. The number of amides is 1. The van der Waals surface area contributed by atoms with E-state index in [1.54, 1.807) is 16.9 Å². The Hall–Kier alpha value is -2.39. The Balaban J connectivity index is 0.000000592. The molecule has 170 valence electrons. The van der Waals surface area contributed by atoms with Gasteiger partial charge >= 0.3 is 18.1 Å². The maximum absolute atomic E-state index is 12.7. The van der Waals surface area contributed by atoms with E-state index in [9.17, 15) is 28.0 Å². The summed E-state index contributed by atoms with van der Waals surface area (Å²) in [4.78, 5) is 32.0. The second-order valence-corrected chi connectivity index (χ2v) is 9.14. The molecule has 0 saturated heterocycles. The standard InChI is InChI=1S/C17H20N2O3S2.C2HF3O2/c18-12-13-4-1-2-5-14(13)17(7-3-8-17)16(22)19-9-11-24-23-10-6-15(20)21;3-2(4,5)1(6)7/h1-2,4-5H,3,6-11H2,(H,19,22)(H,20,21);(H,6,7). The Bertz CT molecular complexity index is 823. The molecule has 2 rings (SSSR count). The van der Waals surface area contributed by atoms with Gasteiger partial charge in [0, 0.05) is 18.1 Å². The number of hydrogen-bond donors (Lipinski definition) is 3. The molecule has 0 bridgehead atoms. The van der Waals surface area contributed by atoms with E-state index >= 15 is 0 Å². The summed E-state index contributed by atoms with van der Waals surface area (Å²) in [5.74, 6) is -2.26. The number of halogens is 3. The van der Waals surface area contributed by atoms with Gasteiger partial charge in [-0.3, -0.25) is 9.59 Å². The highest BCUT2D eigenvalue weighted by molar-refractivity contribution is 8.76. The number of carbonyl (C=O) groups is 3. The van der Waals surface area contributed by atoms with Gasteiger partial charge in [0.05, 0.1) is 23.5 Å². The van der Waals surface area contributed by atoms with Gasteiger partial charge < -0.3 is 15.5 Å². The van der Waals surface area contributed by atoms with Crippen LogP contribution >= 0.6 is 21.6 Å². The van der Waals surface area contributed by atoms with E-state index in [1.165, 1.54) is 10.8 Å². The highest BCUT2D eigenvalue weighted by Gasteiger charge is 2.46. The van der Waals surface area contributed by atoms with Crippen LogP contribution in [0.2, 0.25) is 0 Å². The highest BCUT2D eigenvalue weighted by Crippen LogP contribution is 2.45. The molecule has 0 aliphatic heterocycles. The fraction of sp³-hybridized carbons (Fsp3) is 0.474. The highest BCUT2D eigenvalue weighted by atomic mass is 33.1. The lowest BCUT2D eigenvalue weighted by atomic mass is 9.62. The molecule has 1 fully saturated rings. The minimum Gasteiger partial charge on any atom is -0.481 e. The molecule has 1 aromatic carbocycles. The molecule has 0 unspecified atom stereocenters. The number of carbonyl (C=O) groups excluding carboxylic acids is 1. The molecular weight excluding hydrogens is 457 g/mol. The van der Waals surface area contributed by atoms with Gasteiger partial charge in [0.25, 0.3) is 0 Å². The van der Waals surface area contributed by atoms with Gasteiger partial charge in [-0.1, -0.05) is 46.2 Å². The summed E-state index contributed by atoms with van der Waals surface area (Å²) in [5, 5.41) is 28.0. The first-order valence-corrected chi connectivity index (χ1v) is 11.6. The van der Waals surface area contributed by atoms with Crippen molar-refractivity contribution in [3.63, 3.8) is 0 Å². The Morgan fingerprint density at radius 1 is 1.13 bits per heavy atom. The first-order valence-electron chi connectivity index (χ1n) is 9.09. The van der Waals surface area contributed by atoms with Gasteiger partial charge in [0.1, 0.15) is 0 Å². The largest absolute Gasteiger partial charge is 0.490 e. The molecular formula is C19H21F3N2O5S2. The second kappa shape index (κ2) is 12.5. The van der Waals surface area contributed by atoms with Crippen LogP contribution in [-0.2, 0) is 19.8 Å². The first kappa shape index (κ1) is 26.6. The van der Waals surface area contributed by atoms with Gasteiger partial charge in [-0.25, -0.2) is 4.79 Å². The molecule has 7 nitrogen and oxygen atoms in total. The monoisotopic (exact) mass is 478 g/mol. The number of aliphatic carboxylic acids is 2. The van der Waals surface area contributed by atoms with Gasteiger partial charge in [-0.2, -0.15) is 18.4 Å². The van der Waals surface area contributed by atoms with E-state index in [-0.39, 0.29) is 12.3 Å². The molecule has 0 spiro atoms. The fourth-order valence-electron chi connectivity index (χ4n) is 2.77. The van der Waals surface area contributed by atoms with Crippen LogP contribution in [-0.4, -0.2) is 52.3 Å². The zero-order valence-electron chi connectivity index (χ0n) is 16.3. The molecule has 1 aliphatic rings. The molecule has 31 heavy (non-hydrogen) atoms. The van der Waals surface area contributed by atoms with E-state index in [2.05, 4.69) is 11.4 Å². The Morgan fingerprint density at radius 3 is 2.19 bits per heavy atom. The van der Waals surface area contributed by atoms with E-state index in [0.717, 1.165) is 30.6 Å². The second-order valence-electron chi connectivity index (χ2n) is 6.44. The minimum atomic E-state index is -5.08. The molecule has 1 saturated carbocycles. The summed E-state index contributed by atoms with van der Waals surface area (Å²) in [6, 6.07) is 9.52. The van der Waals surface area contributed by atoms with Crippen molar-refractivity contribution in [2.45, 2.75) is 37.3 Å². The average Bonchev–Trinajstić information content (AvgIpc) is 2.66. The molecule has 0 aromatic heterocycles. The third kappa shape index (κ3) is 8.34. The van der Waals surface area contributed by atoms with Crippen molar-refractivity contribution in [3.8, 4) is 6.07 Å². The smallest absolute Gasteiger partial charge is 0.481 e. The maximum atomic E-state index is 12.7. The quantitative estimate of drug-likeness (QED) is 0.363. The van der Waals surface area contributed by atoms with Crippen LogP contribution in [0.15, 0.2) is 24.3 Å². The van der Waals surface area contributed by atoms with E-state index in [0.29, 0.717) is 17.9 Å². The molecule has 0 radical (unpaired) electrons. The van der Waals surface area contributed by atoms with Crippen LogP contribution in [0.25, 0.3) is 0 Å². The lowest BCUT2D eigenvalue weighted by molar-refractivity contribution is -0.192. The molecule has 1 amide bonds. The lowest BCUT2D eigenvalue weighted by Crippen LogP contribution is -2.50. The Labute approximate surface area is 184 Å². The number of nitrogens with zero attached hydrogens (tertiary/aromatic N) is 1. The number of nitrogens with one attached hydrogen (secondary N) is 1. The zero-order valence-corrected chi connectivity index (χ0v) is 17.9. The van der Waals surface area contributed by atoms with Crippen molar-refractivity contribution in [2.24, 2.45) is 0 Å². The summed E-state index contributed by atoms with van der Waals surface area (Å²) in [6.07, 6.45) is -2.39. The molecule has 1 aromatic rings. The predicted octanol–water partition coefficient (Wildman–Crippen LogP) is 3.59. The fourth-order valence-corrected chi connectivity index (χ4v) is 4.66. The number of hydrogen-bond acceptors (Lipinski definition) is 6. The predicted molar refractivity (Wildman–Crippen MR) is 111 cm³/mol. The summed E-state index contributed by atoms with van der Waals surface area (Å²) in [7, 11) is 3.07. The van der Waals surface area contributed by atoms with Crippen molar-refractivity contribution in [1.29, 1.82) is 5.26 Å². The van der Waals surface area contributed by atoms with Gasteiger partial charge in [-0.15, -0.1) is 0 Å². The summed E-state index contributed by atoms with van der Waals surface area (Å²) < 4.78 is 31.7. The summed E-state index contributed by atoms with van der Waals surface area (Å²) in [6.45, 7) is 0.542. The van der Waals surface area contributed by atoms with Crippen molar-refractivity contribution in [2.75, 3.05) is 18.1 Å². The normalized spacial score (nSPS) is 14.3. The first-order chi connectivity index (χ1) is 14.5. The van der Waals surface area contributed by atoms with E-state index in [4.69, 9.17) is 15.0 Å². The third-order valence-electron chi connectivity index (χ3n) is 4.40. The minimum absolute atomic E-state index is 0.00686. The number of rotatable bonds is 9. The van der Waals surface area contributed by atoms with Crippen molar-refractivity contribution in [3.05, 3.63) is 35.4 Å². The van der Waals surface area contributed by atoms with Crippen LogP contribution in [0.1, 0.15) is 36.8 Å². The molecule has 3 N–H and O–H groups in total. The van der Waals surface area contributed by atoms with Crippen LogP contribution < -0.4 is 5.32 Å². The lowest BCUT2D eigenvalue weighted by Gasteiger charge is -2.41. The topological polar surface area (TPSA) is 127 Å². The van der Waals surface area contributed by atoms with Gasteiger partial charge in [0.15, 0.2) is 0 Å². The molecule has 0 atom stereocenters. The third-order valence-corrected chi connectivity index (χ3v) is 6.81. The van der Waals surface area contributed by atoms with Crippen LogP contribution in [0.5, 0.6) is 0 Å². The molecule has 0 heterocycles. The zero-order chi connectivity index (χ0) is 23.5. The average molecular weight is 479 g/mol. The molecule has 1 aliphatic carbocycles. The van der Waals surface area contributed by atoms with Crippen LogP contribution in [0.4, 0.5) is 13.2 Å². The molecule has 12 heteroatoms.